The second-order valence-corrected chi connectivity index (χ2v) is 5.03. The molecule has 0 saturated carbocycles. The minimum Gasteiger partial charge on any atom is -0.392 e. The number of hydrogen-bond donors (Lipinski definition) is 2. The van der Waals surface area contributed by atoms with E-state index in [-0.39, 0.29) is 6.61 Å². The monoisotopic (exact) mass is 254 g/mol. The van der Waals surface area contributed by atoms with Gasteiger partial charge in [0.15, 0.2) is 0 Å². The van der Waals surface area contributed by atoms with Gasteiger partial charge in [-0.2, -0.15) is 0 Å². The lowest BCUT2D eigenvalue weighted by Crippen LogP contribution is -1.95. The fourth-order valence-corrected chi connectivity index (χ4v) is 2.77. The number of aromatic nitrogens is 2. The van der Waals surface area contributed by atoms with Crippen LogP contribution in [0.1, 0.15) is 17.0 Å². The molecule has 19 heavy (non-hydrogen) atoms. The number of para-hydroxylation sites is 1. The third kappa shape index (κ3) is 1.70. The van der Waals surface area contributed by atoms with E-state index in [1.54, 1.807) is 0 Å². The highest BCUT2D eigenvalue weighted by atomic mass is 16.3. The fraction of sp³-hybridized carbons (Fsp3) is 0.250. The first-order valence-corrected chi connectivity index (χ1v) is 6.47. The lowest BCUT2D eigenvalue weighted by molar-refractivity contribution is 0.281. The zero-order valence-electron chi connectivity index (χ0n) is 11.5. The van der Waals surface area contributed by atoms with Gasteiger partial charge in [-0.1, -0.05) is 18.2 Å². The average Bonchev–Trinajstić information content (AvgIpc) is 2.88. The molecule has 3 aromatic rings. The highest BCUT2D eigenvalue weighted by molar-refractivity contribution is 5.96. The van der Waals surface area contributed by atoms with Crippen molar-refractivity contribution in [3.05, 3.63) is 47.3 Å². The molecule has 2 heterocycles. The number of hydrogen-bond acceptors (Lipinski definition) is 1. The Morgan fingerprint density at radius 1 is 1.21 bits per heavy atom. The highest BCUT2D eigenvalue weighted by Crippen LogP contribution is 2.34. The molecule has 98 valence electrons. The van der Waals surface area contributed by atoms with Gasteiger partial charge in [0.05, 0.1) is 12.3 Å². The third-order valence-corrected chi connectivity index (χ3v) is 3.96. The molecule has 3 nitrogen and oxygen atoms in total. The minimum absolute atomic E-state index is 0.0844. The smallest absolute Gasteiger partial charge is 0.0699 e. The number of nitrogens with one attached hydrogen (secondary N) is 1. The average molecular weight is 254 g/mol. The van der Waals surface area contributed by atoms with E-state index in [9.17, 15) is 5.11 Å². The standard InChI is InChI=1S/C16H18N2O/c1-10-16(13-6-4-5-7-14(13)17-10)15-8-12(9-19)11(2)18(15)3/h4-8,17,19H,9H2,1-3H3. The van der Waals surface area contributed by atoms with Gasteiger partial charge in [-0.15, -0.1) is 0 Å². The summed E-state index contributed by atoms with van der Waals surface area (Å²) in [6.07, 6.45) is 0. The fourth-order valence-electron chi connectivity index (χ4n) is 2.77. The molecule has 0 aliphatic rings. The molecule has 0 bridgehead atoms. The normalized spacial score (nSPS) is 11.4. The van der Waals surface area contributed by atoms with E-state index in [1.165, 1.54) is 10.9 Å². The van der Waals surface area contributed by atoms with Crippen molar-refractivity contribution < 1.29 is 5.11 Å². The van der Waals surface area contributed by atoms with E-state index in [2.05, 4.69) is 40.7 Å². The number of H-pyrrole nitrogens is 1. The maximum atomic E-state index is 9.42. The molecule has 0 unspecified atom stereocenters. The van der Waals surface area contributed by atoms with E-state index in [0.29, 0.717) is 0 Å². The summed E-state index contributed by atoms with van der Waals surface area (Å²) in [7, 11) is 2.05. The number of fused-ring (bicyclic) bond motifs is 1. The maximum Gasteiger partial charge on any atom is 0.0699 e. The van der Waals surface area contributed by atoms with Gasteiger partial charge in [0.2, 0.25) is 0 Å². The quantitative estimate of drug-likeness (QED) is 0.724. The maximum absolute atomic E-state index is 9.42. The molecule has 0 atom stereocenters. The summed E-state index contributed by atoms with van der Waals surface area (Å²) in [5.74, 6) is 0. The second-order valence-electron chi connectivity index (χ2n) is 5.03. The Bertz CT molecular complexity index is 750. The van der Waals surface area contributed by atoms with Crippen LogP contribution in [0.3, 0.4) is 0 Å². The van der Waals surface area contributed by atoms with Crippen LogP contribution in [-0.4, -0.2) is 14.7 Å². The van der Waals surface area contributed by atoms with Crippen LogP contribution >= 0.6 is 0 Å². The van der Waals surface area contributed by atoms with Crippen LogP contribution in [0.25, 0.3) is 22.2 Å². The van der Waals surface area contributed by atoms with E-state index in [0.717, 1.165) is 28.2 Å². The van der Waals surface area contributed by atoms with Crippen molar-refractivity contribution >= 4 is 10.9 Å². The van der Waals surface area contributed by atoms with Gasteiger partial charge in [-0.25, -0.2) is 0 Å². The lowest BCUT2D eigenvalue weighted by atomic mass is 10.1. The molecule has 0 radical (unpaired) electrons. The van der Waals surface area contributed by atoms with Crippen LogP contribution in [-0.2, 0) is 13.7 Å². The highest BCUT2D eigenvalue weighted by Gasteiger charge is 2.16. The molecule has 3 heteroatoms. The molecule has 2 aromatic heterocycles. The minimum atomic E-state index is 0.0844. The van der Waals surface area contributed by atoms with Crippen molar-refractivity contribution in [3.8, 4) is 11.3 Å². The first kappa shape index (κ1) is 12.1. The number of aryl methyl sites for hydroxylation is 1. The largest absolute Gasteiger partial charge is 0.392 e. The molecular formula is C16H18N2O. The zero-order valence-corrected chi connectivity index (χ0v) is 11.5. The van der Waals surface area contributed by atoms with Crippen molar-refractivity contribution in [3.63, 3.8) is 0 Å². The summed E-state index contributed by atoms with van der Waals surface area (Å²) in [6.45, 7) is 4.22. The van der Waals surface area contributed by atoms with E-state index in [1.807, 2.05) is 20.0 Å². The van der Waals surface area contributed by atoms with Gasteiger partial charge in [-0.3, -0.25) is 0 Å². The SMILES string of the molecule is Cc1[nH]c2ccccc2c1-c1cc(CO)c(C)n1C. The number of benzene rings is 1. The van der Waals surface area contributed by atoms with Crippen LogP contribution in [0.2, 0.25) is 0 Å². The van der Waals surface area contributed by atoms with Gasteiger partial charge >= 0.3 is 0 Å². The van der Waals surface area contributed by atoms with Gasteiger partial charge in [0.25, 0.3) is 0 Å². The molecule has 1 aromatic carbocycles. The van der Waals surface area contributed by atoms with Crippen LogP contribution in [0, 0.1) is 13.8 Å². The first-order chi connectivity index (χ1) is 9.13. The lowest BCUT2D eigenvalue weighted by Gasteiger charge is -2.05. The van der Waals surface area contributed by atoms with Crippen molar-refractivity contribution in [2.45, 2.75) is 20.5 Å². The zero-order chi connectivity index (χ0) is 13.6. The molecular weight excluding hydrogens is 236 g/mol. The summed E-state index contributed by atoms with van der Waals surface area (Å²) in [5, 5.41) is 10.6. The number of nitrogens with zero attached hydrogens (tertiary/aromatic N) is 1. The van der Waals surface area contributed by atoms with Crippen LogP contribution < -0.4 is 0 Å². The van der Waals surface area contributed by atoms with E-state index < -0.39 is 0 Å². The Morgan fingerprint density at radius 2 is 1.95 bits per heavy atom. The molecule has 0 spiro atoms. The van der Waals surface area contributed by atoms with Crippen molar-refractivity contribution in [1.29, 1.82) is 0 Å². The molecule has 0 amide bonds. The topological polar surface area (TPSA) is 40.9 Å². The number of aliphatic hydroxyl groups is 1. The van der Waals surface area contributed by atoms with Crippen molar-refractivity contribution in [2.75, 3.05) is 0 Å². The Hall–Kier alpha value is -2.00. The second kappa shape index (κ2) is 4.28. The summed E-state index contributed by atoms with van der Waals surface area (Å²) in [6, 6.07) is 10.4. The molecule has 0 aliphatic heterocycles. The summed E-state index contributed by atoms with van der Waals surface area (Å²) in [5.41, 5.74) is 6.78. The van der Waals surface area contributed by atoms with Crippen LogP contribution in [0.5, 0.6) is 0 Å². The Labute approximate surface area is 112 Å². The van der Waals surface area contributed by atoms with E-state index >= 15 is 0 Å². The summed E-state index contributed by atoms with van der Waals surface area (Å²) in [4.78, 5) is 3.42. The van der Waals surface area contributed by atoms with Crippen LogP contribution in [0.15, 0.2) is 30.3 Å². The number of rotatable bonds is 2. The Balaban J connectivity index is 2.33. The summed E-state index contributed by atoms with van der Waals surface area (Å²) >= 11 is 0. The molecule has 0 saturated heterocycles. The predicted molar refractivity (Wildman–Crippen MR) is 78.1 cm³/mol. The van der Waals surface area contributed by atoms with Gasteiger partial charge in [0.1, 0.15) is 0 Å². The van der Waals surface area contributed by atoms with Gasteiger partial charge in [-0.05, 0) is 31.5 Å². The van der Waals surface area contributed by atoms with Gasteiger partial charge in [0, 0.05) is 34.9 Å². The number of aliphatic hydroxyl groups excluding tert-OH is 1. The van der Waals surface area contributed by atoms with Gasteiger partial charge < -0.3 is 14.7 Å². The molecule has 0 aliphatic carbocycles. The molecule has 0 fully saturated rings. The molecule has 3 rings (SSSR count). The van der Waals surface area contributed by atoms with E-state index in [4.69, 9.17) is 0 Å². The first-order valence-electron chi connectivity index (χ1n) is 6.47. The third-order valence-electron chi connectivity index (χ3n) is 3.96. The van der Waals surface area contributed by atoms with Crippen molar-refractivity contribution in [2.24, 2.45) is 7.05 Å². The van der Waals surface area contributed by atoms with Crippen LogP contribution in [0.4, 0.5) is 0 Å². The number of aromatic amines is 1. The molecule has 2 N–H and O–H groups in total. The summed E-state index contributed by atoms with van der Waals surface area (Å²) < 4.78 is 2.15. The van der Waals surface area contributed by atoms with Crippen molar-refractivity contribution in [1.82, 2.24) is 9.55 Å². The Morgan fingerprint density at radius 3 is 2.63 bits per heavy atom. The predicted octanol–water partition coefficient (Wildman–Crippen LogP) is 3.28. The Kier molecular flexibility index (Phi) is 2.72.